The van der Waals surface area contributed by atoms with Crippen LogP contribution in [0.4, 0.5) is 0 Å². The van der Waals surface area contributed by atoms with Crippen LogP contribution in [-0.4, -0.2) is 0 Å². The molecule has 1 fully saturated rings. The number of hydrogen-bond donors (Lipinski definition) is 0. The first-order valence-electron chi connectivity index (χ1n) is 5.33. The summed E-state index contributed by atoms with van der Waals surface area (Å²) in [5, 5.41) is 0. The summed E-state index contributed by atoms with van der Waals surface area (Å²) in [4.78, 5) is 0. The van der Waals surface area contributed by atoms with Crippen LogP contribution >= 0.6 is 0 Å². The lowest BCUT2D eigenvalue weighted by Crippen LogP contribution is -2.31. The van der Waals surface area contributed by atoms with Crippen LogP contribution in [0.15, 0.2) is 0 Å². The molecule has 0 radical (unpaired) electrons. The highest BCUT2D eigenvalue weighted by atomic mass is 14.4. The van der Waals surface area contributed by atoms with Gasteiger partial charge in [0.2, 0.25) is 0 Å². The molecule has 0 heterocycles. The molecule has 0 aromatic rings. The van der Waals surface area contributed by atoms with Crippen molar-refractivity contribution >= 4 is 0 Å². The van der Waals surface area contributed by atoms with Crippen molar-refractivity contribution in [3.8, 4) is 0 Å². The maximum absolute atomic E-state index is 2.35. The van der Waals surface area contributed by atoms with Gasteiger partial charge in [0.25, 0.3) is 0 Å². The molecule has 0 bridgehead atoms. The predicted octanol–water partition coefficient (Wildman–Crippen LogP) is 3.86. The van der Waals surface area contributed by atoms with E-state index in [1.165, 1.54) is 32.1 Å². The maximum Gasteiger partial charge on any atom is -0.0358 e. The summed E-state index contributed by atoms with van der Waals surface area (Å²) in [6.07, 6.45) is 7.25. The van der Waals surface area contributed by atoms with Gasteiger partial charge in [0.05, 0.1) is 0 Å². The maximum atomic E-state index is 2.35. The molecule has 1 saturated carbocycles. The van der Waals surface area contributed by atoms with Gasteiger partial charge < -0.3 is 0 Å². The lowest BCUT2D eigenvalue weighted by Gasteiger charge is -2.41. The smallest absolute Gasteiger partial charge is 0.0358 e. The van der Waals surface area contributed by atoms with Crippen molar-refractivity contribution in [1.82, 2.24) is 0 Å². The molecule has 0 aromatic heterocycles. The van der Waals surface area contributed by atoms with Crippen molar-refractivity contribution in [1.29, 1.82) is 0 Å². The summed E-state index contributed by atoms with van der Waals surface area (Å²) in [6, 6.07) is 0. The molecule has 0 spiro atoms. The molecule has 66 valence electrons. The van der Waals surface area contributed by atoms with Gasteiger partial charge in [-0.05, 0) is 30.6 Å². The third kappa shape index (κ3) is 1.77. The fourth-order valence-corrected chi connectivity index (χ4v) is 2.62. The average molecular weight is 154 g/mol. The molecule has 0 nitrogen and oxygen atoms in total. The minimum Gasteiger partial charge on any atom is -0.0651 e. The van der Waals surface area contributed by atoms with Crippen LogP contribution in [0.3, 0.4) is 0 Å². The van der Waals surface area contributed by atoms with E-state index in [1.54, 1.807) is 0 Å². The molecular weight excluding hydrogens is 132 g/mol. The molecule has 2 unspecified atom stereocenters. The molecule has 1 aliphatic carbocycles. The summed E-state index contributed by atoms with van der Waals surface area (Å²) >= 11 is 0. The molecular formula is C11H22. The van der Waals surface area contributed by atoms with Crippen LogP contribution in [0, 0.1) is 17.8 Å². The van der Waals surface area contributed by atoms with Gasteiger partial charge in [-0.3, -0.25) is 0 Å². The Morgan fingerprint density at radius 2 is 1.73 bits per heavy atom. The van der Waals surface area contributed by atoms with E-state index in [2.05, 4.69) is 20.8 Å². The van der Waals surface area contributed by atoms with Gasteiger partial charge >= 0.3 is 0 Å². The van der Waals surface area contributed by atoms with Gasteiger partial charge in [-0.2, -0.15) is 0 Å². The SMILES string of the molecule is CCC(CC)C1CCC1CC. The van der Waals surface area contributed by atoms with E-state index in [0.717, 1.165) is 17.8 Å². The topological polar surface area (TPSA) is 0 Å². The van der Waals surface area contributed by atoms with Crippen LogP contribution in [0.25, 0.3) is 0 Å². The minimum absolute atomic E-state index is 1.04. The zero-order valence-electron chi connectivity index (χ0n) is 8.27. The fraction of sp³-hybridized carbons (Fsp3) is 1.00. The Balaban J connectivity index is 2.33. The first-order chi connectivity index (χ1) is 5.33. The second kappa shape index (κ2) is 4.13. The van der Waals surface area contributed by atoms with E-state index >= 15 is 0 Å². The van der Waals surface area contributed by atoms with Crippen molar-refractivity contribution in [3.05, 3.63) is 0 Å². The number of rotatable bonds is 4. The van der Waals surface area contributed by atoms with Crippen molar-refractivity contribution in [3.63, 3.8) is 0 Å². The van der Waals surface area contributed by atoms with E-state index in [0.29, 0.717) is 0 Å². The average Bonchev–Trinajstić information content (AvgIpc) is 1.98. The van der Waals surface area contributed by atoms with Gasteiger partial charge in [-0.1, -0.05) is 40.0 Å². The molecule has 0 amide bonds. The van der Waals surface area contributed by atoms with Crippen LogP contribution in [0.5, 0.6) is 0 Å². The first-order valence-corrected chi connectivity index (χ1v) is 5.33. The van der Waals surface area contributed by atoms with Gasteiger partial charge in [0.15, 0.2) is 0 Å². The molecule has 11 heavy (non-hydrogen) atoms. The van der Waals surface area contributed by atoms with Crippen LogP contribution < -0.4 is 0 Å². The Bertz CT molecular complexity index is 101. The van der Waals surface area contributed by atoms with Crippen molar-refractivity contribution in [2.75, 3.05) is 0 Å². The van der Waals surface area contributed by atoms with E-state index in [-0.39, 0.29) is 0 Å². The van der Waals surface area contributed by atoms with Gasteiger partial charge in [0, 0.05) is 0 Å². The molecule has 2 atom stereocenters. The van der Waals surface area contributed by atoms with Crippen molar-refractivity contribution < 1.29 is 0 Å². The highest BCUT2D eigenvalue weighted by Gasteiger charge is 2.33. The molecule has 0 aromatic carbocycles. The van der Waals surface area contributed by atoms with Crippen molar-refractivity contribution in [2.24, 2.45) is 17.8 Å². The van der Waals surface area contributed by atoms with Crippen LogP contribution in [0.1, 0.15) is 52.9 Å². The zero-order valence-corrected chi connectivity index (χ0v) is 8.27. The Morgan fingerprint density at radius 1 is 1.09 bits per heavy atom. The predicted molar refractivity (Wildman–Crippen MR) is 50.6 cm³/mol. The lowest BCUT2D eigenvalue weighted by molar-refractivity contribution is 0.0944. The van der Waals surface area contributed by atoms with Crippen LogP contribution in [0.2, 0.25) is 0 Å². The molecule has 0 N–H and O–H groups in total. The molecule has 0 heteroatoms. The molecule has 1 rings (SSSR count). The Hall–Kier alpha value is 0. The molecule has 0 aliphatic heterocycles. The van der Waals surface area contributed by atoms with E-state index < -0.39 is 0 Å². The van der Waals surface area contributed by atoms with E-state index in [4.69, 9.17) is 0 Å². The summed E-state index contributed by atoms with van der Waals surface area (Å²) < 4.78 is 0. The van der Waals surface area contributed by atoms with Crippen molar-refractivity contribution in [2.45, 2.75) is 52.9 Å². The van der Waals surface area contributed by atoms with Gasteiger partial charge in [0.1, 0.15) is 0 Å². The van der Waals surface area contributed by atoms with Gasteiger partial charge in [-0.15, -0.1) is 0 Å². The largest absolute Gasteiger partial charge is 0.0651 e. The lowest BCUT2D eigenvalue weighted by atomic mass is 9.65. The summed E-state index contributed by atoms with van der Waals surface area (Å²) in [7, 11) is 0. The quantitative estimate of drug-likeness (QED) is 0.577. The zero-order chi connectivity index (χ0) is 8.27. The fourth-order valence-electron chi connectivity index (χ4n) is 2.62. The van der Waals surface area contributed by atoms with Crippen LogP contribution in [-0.2, 0) is 0 Å². The minimum atomic E-state index is 1.04. The van der Waals surface area contributed by atoms with E-state index in [1.807, 2.05) is 0 Å². The highest BCUT2D eigenvalue weighted by Crippen LogP contribution is 2.43. The Kier molecular flexibility index (Phi) is 3.42. The summed E-state index contributed by atoms with van der Waals surface area (Å²) in [5.74, 6) is 3.21. The highest BCUT2D eigenvalue weighted by molar-refractivity contribution is 4.83. The Morgan fingerprint density at radius 3 is 2.00 bits per heavy atom. The normalized spacial score (nSPS) is 30.5. The summed E-state index contributed by atoms with van der Waals surface area (Å²) in [6.45, 7) is 7.04. The molecule has 0 saturated heterocycles. The summed E-state index contributed by atoms with van der Waals surface area (Å²) in [5.41, 5.74) is 0. The second-order valence-corrected chi connectivity index (χ2v) is 3.99. The van der Waals surface area contributed by atoms with Gasteiger partial charge in [-0.25, -0.2) is 0 Å². The van der Waals surface area contributed by atoms with E-state index in [9.17, 15) is 0 Å². The third-order valence-corrected chi connectivity index (χ3v) is 3.65. The monoisotopic (exact) mass is 154 g/mol. The standard InChI is InChI=1S/C11H22/c1-4-9(5-2)11-8-7-10(11)6-3/h9-11H,4-8H2,1-3H3. The first kappa shape index (κ1) is 9.09. The molecule has 1 aliphatic rings. The number of hydrogen-bond acceptors (Lipinski definition) is 0. The second-order valence-electron chi connectivity index (χ2n) is 3.99. The third-order valence-electron chi connectivity index (χ3n) is 3.65. The Labute approximate surface area is 71.4 Å².